The largest absolute Gasteiger partial charge is 0.388 e. The molecule has 19 heavy (non-hydrogen) atoms. The molecule has 104 valence electrons. The number of carbonyl (C=O) groups excluding carboxylic acids is 1. The van der Waals surface area contributed by atoms with Crippen LogP contribution in [0.3, 0.4) is 0 Å². The summed E-state index contributed by atoms with van der Waals surface area (Å²) in [6, 6.07) is 6.27. The van der Waals surface area contributed by atoms with Crippen LogP contribution in [0.4, 0.5) is 5.69 Å². The van der Waals surface area contributed by atoms with Crippen LogP contribution in [-0.4, -0.2) is 34.0 Å². The zero-order valence-corrected chi connectivity index (χ0v) is 11.5. The summed E-state index contributed by atoms with van der Waals surface area (Å²) in [7, 11) is -1.76. The maximum Gasteiger partial charge on any atom is 0.240 e. The van der Waals surface area contributed by atoms with Gasteiger partial charge in [0.05, 0.1) is 4.90 Å². The van der Waals surface area contributed by atoms with Crippen molar-refractivity contribution < 1.29 is 13.2 Å². The van der Waals surface area contributed by atoms with Crippen molar-refractivity contribution in [2.45, 2.75) is 23.8 Å². The predicted molar refractivity (Wildman–Crippen MR) is 72.3 cm³/mol. The van der Waals surface area contributed by atoms with Crippen LogP contribution >= 0.6 is 0 Å². The molecule has 1 atom stereocenters. The number of nitrogens with one attached hydrogen (secondary N) is 3. The van der Waals surface area contributed by atoms with Gasteiger partial charge in [0.2, 0.25) is 15.9 Å². The number of carbonyl (C=O) groups is 1. The van der Waals surface area contributed by atoms with Gasteiger partial charge in [0.15, 0.2) is 0 Å². The van der Waals surface area contributed by atoms with Gasteiger partial charge in [-0.3, -0.25) is 4.79 Å². The van der Waals surface area contributed by atoms with E-state index in [-0.39, 0.29) is 16.8 Å². The Kier molecular flexibility index (Phi) is 4.06. The number of benzene rings is 1. The van der Waals surface area contributed by atoms with E-state index in [4.69, 9.17) is 0 Å². The van der Waals surface area contributed by atoms with Crippen molar-refractivity contribution in [3.8, 4) is 0 Å². The topological polar surface area (TPSA) is 87.3 Å². The Labute approximate surface area is 112 Å². The molecule has 3 N–H and O–H groups in total. The van der Waals surface area contributed by atoms with Gasteiger partial charge in [-0.2, -0.15) is 0 Å². The number of piperidine rings is 1. The van der Waals surface area contributed by atoms with Gasteiger partial charge in [0, 0.05) is 31.7 Å². The smallest absolute Gasteiger partial charge is 0.240 e. The summed E-state index contributed by atoms with van der Waals surface area (Å²) >= 11 is 0. The van der Waals surface area contributed by atoms with Gasteiger partial charge in [0.25, 0.3) is 0 Å². The van der Waals surface area contributed by atoms with Crippen molar-refractivity contribution in [2.24, 2.45) is 0 Å². The van der Waals surface area contributed by atoms with Crippen LogP contribution < -0.4 is 15.4 Å². The lowest BCUT2D eigenvalue weighted by Gasteiger charge is -2.23. The summed E-state index contributed by atoms with van der Waals surface area (Å²) in [5.74, 6) is -0.0335. The average Bonchev–Trinajstić information content (AvgIpc) is 2.41. The highest BCUT2D eigenvalue weighted by molar-refractivity contribution is 7.89. The maximum atomic E-state index is 12.1. The summed E-state index contributed by atoms with van der Waals surface area (Å²) in [6.07, 6.45) is 0.880. The minimum absolute atomic E-state index is 0.0335. The Morgan fingerprint density at radius 3 is 2.47 bits per heavy atom. The van der Waals surface area contributed by atoms with Gasteiger partial charge < -0.3 is 10.6 Å². The van der Waals surface area contributed by atoms with E-state index in [0.717, 1.165) is 5.69 Å². The number of anilines is 1. The third-order valence-corrected chi connectivity index (χ3v) is 4.58. The van der Waals surface area contributed by atoms with Crippen molar-refractivity contribution >= 4 is 21.6 Å². The third-order valence-electron chi connectivity index (χ3n) is 3.04. The van der Waals surface area contributed by atoms with Gasteiger partial charge in [-0.1, -0.05) is 0 Å². The predicted octanol–water partition coefficient (Wildman–Crippen LogP) is 0.285. The van der Waals surface area contributed by atoms with Crippen molar-refractivity contribution in [3.05, 3.63) is 24.3 Å². The number of rotatable bonds is 4. The SMILES string of the molecule is CNc1ccc(S(=O)(=O)NC2CCC(=O)NC2)cc1. The van der Waals surface area contributed by atoms with Gasteiger partial charge in [-0.05, 0) is 30.7 Å². The lowest BCUT2D eigenvalue weighted by atomic mass is 10.1. The minimum atomic E-state index is -3.53. The van der Waals surface area contributed by atoms with E-state index in [0.29, 0.717) is 19.4 Å². The molecule has 0 spiro atoms. The summed E-state index contributed by atoms with van der Waals surface area (Å²) in [5, 5.41) is 5.58. The number of sulfonamides is 1. The first-order valence-electron chi connectivity index (χ1n) is 6.08. The van der Waals surface area contributed by atoms with E-state index in [1.54, 1.807) is 31.3 Å². The monoisotopic (exact) mass is 283 g/mol. The number of hydrogen-bond acceptors (Lipinski definition) is 4. The van der Waals surface area contributed by atoms with Crippen LogP contribution in [0.1, 0.15) is 12.8 Å². The molecular weight excluding hydrogens is 266 g/mol. The molecule has 0 radical (unpaired) electrons. The van der Waals surface area contributed by atoms with E-state index in [2.05, 4.69) is 15.4 Å². The van der Waals surface area contributed by atoms with Crippen molar-refractivity contribution in [2.75, 3.05) is 18.9 Å². The molecule has 6 nitrogen and oxygen atoms in total. The second-order valence-corrected chi connectivity index (χ2v) is 6.15. The third kappa shape index (κ3) is 3.45. The first-order chi connectivity index (χ1) is 9.01. The van der Waals surface area contributed by atoms with Gasteiger partial charge in [-0.15, -0.1) is 0 Å². The molecule has 7 heteroatoms. The normalized spacial score (nSPS) is 19.8. The van der Waals surface area contributed by atoms with Crippen LogP contribution in [0, 0.1) is 0 Å². The first-order valence-corrected chi connectivity index (χ1v) is 7.56. The van der Waals surface area contributed by atoms with Crippen LogP contribution in [0.25, 0.3) is 0 Å². The molecule has 0 saturated carbocycles. The Morgan fingerprint density at radius 2 is 1.95 bits per heavy atom. The van der Waals surface area contributed by atoms with Crippen LogP contribution in [0.15, 0.2) is 29.2 Å². The molecule has 0 aromatic heterocycles. The lowest BCUT2D eigenvalue weighted by Crippen LogP contribution is -2.47. The molecule has 1 saturated heterocycles. The fraction of sp³-hybridized carbons (Fsp3) is 0.417. The summed E-state index contributed by atoms with van der Waals surface area (Å²) in [6.45, 7) is 0.340. The average molecular weight is 283 g/mol. The van der Waals surface area contributed by atoms with Crippen molar-refractivity contribution in [1.29, 1.82) is 0 Å². The Hall–Kier alpha value is -1.60. The summed E-state index contributed by atoms with van der Waals surface area (Å²) < 4.78 is 26.9. The number of hydrogen-bond donors (Lipinski definition) is 3. The summed E-state index contributed by atoms with van der Waals surface area (Å²) in [5.41, 5.74) is 0.851. The van der Waals surface area contributed by atoms with Crippen LogP contribution in [0.5, 0.6) is 0 Å². The second kappa shape index (κ2) is 5.58. The Morgan fingerprint density at radius 1 is 1.26 bits per heavy atom. The zero-order chi connectivity index (χ0) is 13.9. The summed E-state index contributed by atoms with van der Waals surface area (Å²) in [4.78, 5) is 11.2. The van der Waals surface area contributed by atoms with Crippen molar-refractivity contribution in [3.63, 3.8) is 0 Å². The van der Waals surface area contributed by atoms with Crippen LogP contribution in [0.2, 0.25) is 0 Å². The molecule has 1 aromatic carbocycles. The molecule has 1 aliphatic rings. The molecule has 1 fully saturated rings. The quantitative estimate of drug-likeness (QED) is 0.741. The van der Waals surface area contributed by atoms with Gasteiger partial charge in [0.1, 0.15) is 0 Å². The fourth-order valence-electron chi connectivity index (χ4n) is 1.92. The lowest BCUT2D eigenvalue weighted by molar-refractivity contribution is -0.122. The first kappa shape index (κ1) is 13.8. The molecule has 1 aliphatic heterocycles. The Balaban J connectivity index is 2.06. The maximum absolute atomic E-state index is 12.1. The molecule has 1 aromatic rings. The van der Waals surface area contributed by atoms with E-state index in [1.807, 2.05) is 0 Å². The van der Waals surface area contributed by atoms with E-state index in [9.17, 15) is 13.2 Å². The minimum Gasteiger partial charge on any atom is -0.388 e. The second-order valence-electron chi connectivity index (χ2n) is 4.44. The molecule has 1 heterocycles. The highest BCUT2D eigenvalue weighted by Gasteiger charge is 2.23. The highest BCUT2D eigenvalue weighted by Crippen LogP contribution is 2.15. The fourth-order valence-corrected chi connectivity index (χ4v) is 3.19. The molecular formula is C12H17N3O3S. The van der Waals surface area contributed by atoms with Crippen molar-refractivity contribution in [1.82, 2.24) is 10.0 Å². The molecule has 1 amide bonds. The van der Waals surface area contributed by atoms with Gasteiger partial charge >= 0.3 is 0 Å². The molecule has 2 rings (SSSR count). The molecule has 0 aliphatic carbocycles. The number of amides is 1. The van der Waals surface area contributed by atoms with E-state index < -0.39 is 10.0 Å². The molecule has 0 bridgehead atoms. The molecule has 1 unspecified atom stereocenters. The highest BCUT2D eigenvalue weighted by atomic mass is 32.2. The van der Waals surface area contributed by atoms with E-state index in [1.165, 1.54) is 0 Å². The zero-order valence-electron chi connectivity index (χ0n) is 10.6. The standard InChI is InChI=1S/C12H17N3O3S/c1-13-9-2-5-11(6-3-9)19(17,18)15-10-4-7-12(16)14-8-10/h2-3,5-6,10,13,15H,4,7-8H2,1H3,(H,14,16). The van der Waals surface area contributed by atoms with Crippen LogP contribution in [-0.2, 0) is 14.8 Å². The van der Waals surface area contributed by atoms with E-state index >= 15 is 0 Å². The Bertz CT molecular complexity index is 544. The van der Waals surface area contributed by atoms with Gasteiger partial charge in [-0.25, -0.2) is 13.1 Å².